The van der Waals surface area contributed by atoms with Gasteiger partial charge in [0.1, 0.15) is 10.8 Å². The van der Waals surface area contributed by atoms with E-state index >= 15 is 0 Å². The highest BCUT2D eigenvalue weighted by atomic mass is 35.5. The third-order valence-corrected chi connectivity index (χ3v) is 1.72. The van der Waals surface area contributed by atoms with Crippen molar-refractivity contribution in [1.82, 2.24) is 0 Å². The van der Waals surface area contributed by atoms with Crippen molar-refractivity contribution < 1.29 is 9.53 Å². The highest BCUT2D eigenvalue weighted by molar-refractivity contribution is 6.55. The molecule has 0 aliphatic heterocycles. The summed E-state index contributed by atoms with van der Waals surface area (Å²) < 4.78 is 4.57. The van der Waals surface area contributed by atoms with Crippen LogP contribution < -0.4 is 0 Å². The van der Waals surface area contributed by atoms with Gasteiger partial charge in [0.25, 0.3) is 0 Å². The maximum absolute atomic E-state index is 11.3. The maximum Gasteiger partial charge on any atom is 0.343 e. The van der Waals surface area contributed by atoms with Crippen molar-refractivity contribution in [3.63, 3.8) is 0 Å². The van der Waals surface area contributed by atoms with Crippen molar-refractivity contribution >= 4 is 29.2 Å². The van der Waals surface area contributed by atoms with Crippen molar-refractivity contribution in [1.29, 1.82) is 0 Å². The molecule has 1 aromatic rings. The molecule has 0 atom stereocenters. The summed E-state index contributed by atoms with van der Waals surface area (Å²) in [7, 11) is 0. The van der Waals surface area contributed by atoms with Gasteiger partial charge in [-0.3, -0.25) is 0 Å². The number of hydrogen-bond acceptors (Lipinski definition) is 2. The minimum Gasteiger partial charge on any atom is -0.428 e. The summed E-state index contributed by atoms with van der Waals surface area (Å²) in [6, 6.07) is 6.99. The molecule has 4 heteroatoms. The van der Waals surface area contributed by atoms with Gasteiger partial charge in [-0.15, -0.1) is 0 Å². The number of carbonyl (C=O) groups excluding carboxylic acids is 1. The number of benzene rings is 1. The lowest BCUT2D eigenvalue weighted by Gasteiger charge is -1.99. The van der Waals surface area contributed by atoms with Gasteiger partial charge in [-0.05, 0) is 19.1 Å². The van der Waals surface area contributed by atoms with Crippen LogP contribution in [0.2, 0.25) is 0 Å². The van der Waals surface area contributed by atoms with E-state index < -0.39 is 5.97 Å². The van der Waals surface area contributed by atoms with Gasteiger partial charge in [0.05, 0.1) is 5.56 Å². The van der Waals surface area contributed by atoms with Crippen LogP contribution in [0.5, 0.6) is 0 Å². The summed E-state index contributed by atoms with van der Waals surface area (Å²) in [6.07, 6.45) is 0.991. The third-order valence-electron chi connectivity index (χ3n) is 1.54. The Hall–Kier alpha value is -0.990. The van der Waals surface area contributed by atoms with Gasteiger partial charge in [-0.2, -0.15) is 0 Å². The molecule has 0 aromatic heterocycles. The zero-order valence-corrected chi connectivity index (χ0v) is 8.97. The Labute approximate surface area is 92.1 Å². The van der Waals surface area contributed by atoms with E-state index in [1.165, 1.54) is 0 Å². The van der Waals surface area contributed by atoms with Crippen LogP contribution in [0.4, 0.5) is 0 Å². The lowest BCUT2D eigenvalue weighted by molar-refractivity contribution is 0.0663. The first-order chi connectivity index (χ1) is 6.59. The lowest BCUT2D eigenvalue weighted by atomic mass is 10.2. The highest BCUT2D eigenvalue weighted by Gasteiger charge is 2.04. The Kier molecular flexibility index (Phi) is 3.98. The SMILES string of the molecule is Cc1ccc(C(=O)OC=C(Cl)Cl)cc1. The highest BCUT2D eigenvalue weighted by Crippen LogP contribution is 2.09. The first kappa shape index (κ1) is 11.1. The van der Waals surface area contributed by atoms with Crippen molar-refractivity contribution in [2.24, 2.45) is 0 Å². The second-order valence-electron chi connectivity index (χ2n) is 2.68. The summed E-state index contributed by atoms with van der Waals surface area (Å²) in [5.41, 5.74) is 1.54. The van der Waals surface area contributed by atoms with Crippen LogP contribution >= 0.6 is 23.2 Å². The second kappa shape index (κ2) is 5.03. The van der Waals surface area contributed by atoms with E-state index in [9.17, 15) is 4.79 Å². The van der Waals surface area contributed by atoms with Crippen LogP contribution in [0.3, 0.4) is 0 Å². The van der Waals surface area contributed by atoms with Gasteiger partial charge in [0, 0.05) is 0 Å². The molecule has 1 rings (SSSR count). The van der Waals surface area contributed by atoms with Crippen LogP contribution in [-0.2, 0) is 4.74 Å². The van der Waals surface area contributed by atoms with Crippen LogP contribution in [0.25, 0.3) is 0 Å². The Morgan fingerprint density at radius 1 is 1.29 bits per heavy atom. The minimum atomic E-state index is -0.483. The fraction of sp³-hybridized carbons (Fsp3) is 0.100. The minimum absolute atomic E-state index is 0.0922. The molecular weight excluding hydrogens is 223 g/mol. The van der Waals surface area contributed by atoms with Crippen LogP contribution in [0.1, 0.15) is 15.9 Å². The summed E-state index contributed by atoms with van der Waals surface area (Å²) in [5, 5.41) is 0. The van der Waals surface area contributed by atoms with E-state index in [0.29, 0.717) is 5.56 Å². The summed E-state index contributed by atoms with van der Waals surface area (Å²) >= 11 is 10.6. The number of esters is 1. The molecule has 0 N–H and O–H groups in total. The lowest BCUT2D eigenvalue weighted by Crippen LogP contribution is -2.00. The smallest absolute Gasteiger partial charge is 0.343 e. The predicted octanol–water partition coefficient (Wildman–Crippen LogP) is 3.43. The summed E-state index contributed by atoms with van der Waals surface area (Å²) in [5.74, 6) is -0.483. The Morgan fingerprint density at radius 2 is 1.86 bits per heavy atom. The molecule has 1 aromatic carbocycles. The van der Waals surface area contributed by atoms with Gasteiger partial charge >= 0.3 is 5.97 Å². The molecule has 2 nitrogen and oxygen atoms in total. The van der Waals surface area contributed by atoms with Crippen LogP contribution in [0, 0.1) is 6.92 Å². The molecule has 0 heterocycles. The van der Waals surface area contributed by atoms with E-state index in [1.807, 2.05) is 19.1 Å². The Bertz CT molecular complexity index is 351. The maximum atomic E-state index is 11.3. The third kappa shape index (κ3) is 3.40. The molecule has 0 aliphatic carbocycles. The largest absolute Gasteiger partial charge is 0.428 e. The first-order valence-electron chi connectivity index (χ1n) is 3.88. The quantitative estimate of drug-likeness (QED) is 0.575. The Balaban J connectivity index is 2.70. The number of rotatable bonds is 2. The van der Waals surface area contributed by atoms with E-state index in [1.54, 1.807) is 12.1 Å². The average Bonchev–Trinajstić information content (AvgIpc) is 2.15. The van der Waals surface area contributed by atoms with Crippen molar-refractivity contribution in [3.05, 3.63) is 46.1 Å². The van der Waals surface area contributed by atoms with Gasteiger partial charge < -0.3 is 4.74 Å². The molecule has 0 saturated carbocycles. The number of halogens is 2. The molecular formula is C10H8Cl2O2. The number of carbonyl (C=O) groups is 1. The second-order valence-corrected chi connectivity index (χ2v) is 3.69. The molecule has 74 valence electrons. The van der Waals surface area contributed by atoms with E-state index in [2.05, 4.69) is 4.74 Å². The van der Waals surface area contributed by atoms with E-state index in [4.69, 9.17) is 23.2 Å². The first-order valence-corrected chi connectivity index (χ1v) is 4.64. The van der Waals surface area contributed by atoms with Gasteiger partial charge in [-0.25, -0.2) is 4.79 Å². The van der Waals surface area contributed by atoms with Crippen molar-refractivity contribution in [2.75, 3.05) is 0 Å². The summed E-state index contributed by atoms with van der Waals surface area (Å²) in [6.45, 7) is 1.94. The molecule has 14 heavy (non-hydrogen) atoms. The zero-order chi connectivity index (χ0) is 10.6. The van der Waals surface area contributed by atoms with Gasteiger partial charge in [-0.1, -0.05) is 40.9 Å². The number of hydrogen-bond donors (Lipinski definition) is 0. The monoisotopic (exact) mass is 230 g/mol. The molecule has 0 fully saturated rings. The van der Waals surface area contributed by atoms with Crippen LogP contribution in [0.15, 0.2) is 35.0 Å². The molecule has 0 unspecified atom stereocenters. The van der Waals surface area contributed by atoms with Gasteiger partial charge in [0.2, 0.25) is 0 Å². The molecule has 0 saturated heterocycles. The molecule has 0 spiro atoms. The summed E-state index contributed by atoms with van der Waals surface area (Å²) in [4.78, 5) is 11.3. The fourth-order valence-electron chi connectivity index (χ4n) is 0.856. The van der Waals surface area contributed by atoms with Crippen LogP contribution in [-0.4, -0.2) is 5.97 Å². The normalized spacial score (nSPS) is 9.36. The molecule has 0 aliphatic rings. The topological polar surface area (TPSA) is 26.3 Å². The van der Waals surface area contributed by atoms with E-state index in [-0.39, 0.29) is 4.49 Å². The zero-order valence-electron chi connectivity index (χ0n) is 7.46. The van der Waals surface area contributed by atoms with Gasteiger partial charge in [0.15, 0.2) is 0 Å². The number of ether oxygens (including phenoxy) is 1. The predicted molar refractivity (Wildman–Crippen MR) is 56.4 cm³/mol. The van der Waals surface area contributed by atoms with E-state index in [0.717, 1.165) is 11.8 Å². The molecule has 0 bridgehead atoms. The number of aryl methyl sites for hydroxylation is 1. The molecule has 0 radical (unpaired) electrons. The van der Waals surface area contributed by atoms with Crippen molar-refractivity contribution in [2.45, 2.75) is 6.92 Å². The standard InChI is InChI=1S/C10H8Cl2O2/c1-7-2-4-8(5-3-7)10(13)14-6-9(11)12/h2-6H,1H3. The molecule has 0 amide bonds. The van der Waals surface area contributed by atoms with Crippen molar-refractivity contribution in [3.8, 4) is 0 Å². The fourth-order valence-corrected chi connectivity index (χ4v) is 0.945. The Morgan fingerprint density at radius 3 is 2.36 bits per heavy atom. The average molecular weight is 231 g/mol.